The van der Waals surface area contributed by atoms with Crippen molar-refractivity contribution in [3.8, 4) is 0 Å². The third kappa shape index (κ3) is 62.2. The number of carbonyl (C=O) groups is 1. The maximum Gasteiger partial charge on any atom is 0.268 e. The first-order valence-corrected chi connectivity index (χ1v) is 35.3. The van der Waals surface area contributed by atoms with E-state index in [1.54, 1.807) is 6.08 Å². The molecule has 0 aliphatic carbocycles. The summed E-state index contributed by atoms with van der Waals surface area (Å²) < 4.78 is 23.4. The normalized spacial score (nSPS) is 13.9. The average molecular weight is 1110 g/mol. The van der Waals surface area contributed by atoms with E-state index < -0.39 is 20.0 Å². The predicted molar refractivity (Wildman–Crippen MR) is 335 cm³/mol. The van der Waals surface area contributed by atoms with Crippen molar-refractivity contribution < 1.29 is 32.9 Å². The second-order valence-electron chi connectivity index (χ2n) is 24.5. The molecule has 8 nitrogen and oxygen atoms in total. The first-order valence-electron chi connectivity index (χ1n) is 33.9. The number of allylic oxidation sites excluding steroid dienone is 5. The number of carbonyl (C=O) groups excluding carboxylic acids is 1. The Balaban J connectivity index is 3.97. The second kappa shape index (κ2) is 59.3. The Labute approximate surface area is 480 Å². The van der Waals surface area contributed by atoms with E-state index in [4.69, 9.17) is 9.05 Å². The molecule has 0 heterocycles. The van der Waals surface area contributed by atoms with Crippen LogP contribution in [-0.4, -0.2) is 68.5 Å². The molecule has 2 N–H and O–H groups in total. The number of phosphoric ester groups is 1. The molecule has 0 aromatic rings. The fraction of sp³-hybridized carbons (Fsp3) is 0.897. The van der Waals surface area contributed by atoms with Crippen molar-refractivity contribution in [2.75, 3.05) is 40.9 Å². The summed E-state index contributed by atoms with van der Waals surface area (Å²) in [5.74, 6) is -0.201. The van der Waals surface area contributed by atoms with E-state index in [0.29, 0.717) is 17.4 Å². The van der Waals surface area contributed by atoms with Gasteiger partial charge in [-0.25, -0.2) is 0 Å². The molecule has 0 rings (SSSR count). The molecule has 0 fully saturated rings. The van der Waals surface area contributed by atoms with Crippen LogP contribution < -0.4 is 10.2 Å². The van der Waals surface area contributed by atoms with Crippen molar-refractivity contribution >= 4 is 13.7 Å². The monoisotopic (exact) mass is 1100 g/mol. The largest absolute Gasteiger partial charge is 0.756 e. The molecule has 3 atom stereocenters. The fourth-order valence-corrected chi connectivity index (χ4v) is 11.0. The summed E-state index contributed by atoms with van der Waals surface area (Å²) in [6, 6.07) is -0.903. The zero-order chi connectivity index (χ0) is 56.3. The third-order valence-corrected chi connectivity index (χ3v) is 16.5. The molecule has 0 aromatic heterocycles. The van der Waals surface area contributed by atoms with Crippen molar-refractivity contribution in [3.05, 3.63) is 36.5 Å². The highest BCUT2D eigenvalue weighted by atomic mass is 31.2. The van der Waals surface area contributed by atoms with Gasteiger partial charge >= 0.3 is 0 Å². The molecule has 9 heteroatoms. The molecule has 1 amide bonds. The molecular formula is C68H133N2O6P. The molecule has 0 saturated heterocycles. The Kier molecular flexibility index (Phi) is 58.4. The average Bonchev–Trinajstić information content (AvgIpc) is 3.39. The smallest absolute Gasteiger partial charge is 0.268 e. The van der Waals surface area contributed by atoms with E-state index >= 15 is 0 Å². The lowest BCUT2D eigenvalue weighted by atomic mass is 10.0. The van der Waals surface area contributed by atoms with E-state index in [1.807, 2.05) is 27.2 Å². The second-order valence-corrected chi connectivity index (χ2v) is 25.9. The van der Waals surface area contributed by atoms with Gasteiger partial charge in [-0.15, -0.1) is 0 Å². The van der Waals surface area contributed by atoms with Gasteiger partial charge in [-0.2, -0.15) is 0 Å². The van der Waals surface area contributed by atoms with Crippen LogP contribution in [0.2, 0.25) is 0 Å². The van der Waals surface area contributed by atoms with Crippen LogP contribution in [0.3, 0.4) is 0 Å². The summed E-state index contributed by atoms with van der Waals surface area (Å²) in [4.78, 5) is 25.6. The van der Waals surface area contributed by atoms with Crippen LogP contribution in [0.25, 0.3) is 0 Å². The van der Waals surface area contributed by atoms with Crippen LogP contribution in [0.5, 0.6) is 0 Å². The van der Waals surface area contributed by atoms with Gasteiger partial charge in [0.15, 0.2) is 0 Å². The molecule has 0 saturated carbocycles. The highest BCUT2D eigenvalue weighted by molar-refractivity contribution is 7.45. The van der Waals surface area contributed by atoms with E-state index in [0.717, 1.165) is 38.5 Å². The van der Waals surface area contributed by atoms with Crippen molar-refractivity contribution in [1.82, 2.24) is 5.32 Å². The number of hydrogen-bond acceptors (Lipinski definition) is 6. The lowest BCUT2D eigenvalue weighted by molar-refractivity contribution is -0.870. The highest BCUT2D eigenvalue weighted by Gasteiger charge is 2.23. The Hall–Kier alpha value is -1.28. The first kappa shape index (κ1) is 75.7. The summed E-state index contributed by atoms with van der Waals surface area (Å²) in [5.41, 5.74) is 0. The van der Waals surface area contributed by atoms with Gasteiger partial charge in [-0.1, -0.05) is 314 Å². The maximum atomic E-state index is 13.0. The number of nitrogens with zero attached hydrogens (tertiary/aromatic N) is 1. The predicted octanol–water partition coefficient (Wildman–Crippen LogP) is 20.6. The molecular weight excluding hydrogens is 972 g/mol. The minimum atomic E-state index is -4.61. The van der Waals surface area contributed by atoms with Crippen molar-refractivity contribution in [1.29, 1.82) is 0 Å². The minimum absolute atomic E-state index is 0.00485. The number of amides is 1. The quantitative estimate of drug-likeness (QED) is 0.0272. The van der Waals surface area contributed by atoms with Crippen molar-refractivity contribution in [2.45, 2.75) is 353 Å². The molecule has 0 aliphatic rings. The minimum Gasteiger partial charge on any atom is -0.756 e. The first-order chi connectivity index (χ1) is 37.5. The van der Waals surface area contributed by atoms with Crippen LogP contribution in [0.4, 0.5) is 0 Å². The Morgan fingerprint density at radius 2 is 0.727 bits per heavy atom. The van der Waals surface area contributed by atoms with Gasteiger partial charge in [0, 0.05) is 6.42 Å². The van der Waals surface area contributed by atoms with Gasteiger partial charge in [0.2, 0.25) is 5.91 Å². The van der Waals surface area contributed by atoms with Gasteiger partial charge in [0.05, 0.1) is 39.9 Å². The van der Waals surface area contributed by atoms with Crippen molar-refractivity contribution in [2.24, 2.45) is 0 Å². The van der Waals surface area contributed by atoms with Crippen LogP contribution >= 0.6 is 7.82 Å². The van der Waals surface area contributed by atoms with Gasteiger partial charge in [0.1, 0.15) is 13.2 Å². The third-order valence-electron chi connectivity index (χ3n) is 15.6. The standard InChI is InChI=1S/C68H133N2O6P/c1-6-8-10-12-14-16-18-20-22-24-26-27-28-29-30-31-32-33-34-35-36-37-38-39-40-41-42-43-44-46-48-50-52-54-56-58-60-62-68(72)69-66(65-76-77(73,74)75-64-63-70(3,4)5)67(71)61-59-57-55-53-51-49-47-45-25-23-21-19-17-15-13-11-9-7-2/h33-34,51,53,59,61,66-67,71H,6-32,35-50,52,54-58,60,62-65H2,1-5H3,(H-,69,72,73,74)/b34-33-,53-51+,61-59+. The number of hydrogen-bond donors (Lipinski definition) is 2. The molecule has 0 aliphatic heterocycles. The number of nitrogens with one attached hydrogen (secondary N) is 1. The summed E-state index contributed by atoms with van der Waals surface area (Å²) in [5, 5.41) is 13.9. The molecule has 0 radical (unpaired) electrons. The van der Waals surface area contributed by atoms with E-state index in [2.05, 4.69) is 43.5 Å². The molecule has 456 valence electrons. The van der Waals surface area contributed by atoms with Crippen LogP contribution in [-0.2, 0) is 18.4 Å². The number of aliphatic hydroxyl groups is 1. The lowest BCUT2D eigenvalue weighted by Gasteiger charge is -2.29. The van der Waals surface area contributed by atoms with E-state index in [9.17, 15) is 19.4 Å². The van der Waals surface area contributed by atoms with Gasteiger partial charge in [-0.3, -0.25) is 9.36 Å². The van der Waals surface area contributed by atoms with E-state index in [1.165, 1.54) is 283 Å². The topological polar surface area (TPSA) is 108 Å². The van der Waals surface area contributed by atoms with Gasteiger partial charge in [0.25, 0.3) is 7.82 Å². The van der Waals surface area contributed by atoms with Crippen molar-refractivity contribution in [3.63, 3.8) is 0 Å². The number of likely N-dealkylation sites (N-methyl/N-ethyl adjacent to an activating group) is 1. The summed E-state index contributed by atoms with van der Waals surface area (Å²) in [6.07, 6.45) is 78.5. The number of unbranched alkanes of at least 4 members (excludes halogenated alkanes) is 46. The molecule has 0 spiro atoms. The number of aliphatic hydroxyl groups excluding tert-OH is 1. The zero-order valence-corrected chi connectivity index (χ0v) is 53.1. The Morgan fingerprint density at radius 3 is 1.05 bits per heavy atom. The maximum absolute atomic E-state index is 13.0. The Morgan fingerprint density at radius 1 is 0.442 bits per heavy atom. The van der Waals surface area contributed by atoms with Gasteiger partial charge in [-0.05, 0) is 57.8 Å². The summed E-state index contributed by atoms with van der Waals surface area (Å²) in [6.45, 7) is 4.67. The Bertz CT molecular complexity index is 1350. The summed E-state index contributed by atoms with van der Waals surface area (Å²) >= 11 is 0. The summed E-state index contributed by atoms with van der Waals surface area (Å²) in [7, 11) is 1.26. The molecule has 77 heavy (non-hydrogen) atoms. The zero-order valence-electron chi connectivity index (χ0n) is 52.2. The lowest BCUT2D eigenvalue weighted by Crippen LogP contribution is -2.45. The number of rotatable bonds is 63. The molecule has 0 aromatic carbocycles. The fourth-order valence-electron chi connectivity index (χ4n) is 10.3. The van der Waals surface area contributed by atoms with Crippen LogP contribution in [0.1, 0.15) is 341 Å². The van der Waals surface area contributed by atoms with Crippen LogP contribution in [0.15, 0.2) is 36.5 Å². The number of quaternary nitrogens is 1. The highest BCUT2D eigenvalue weighted by Crippen LogP contribution is 2.38. The van der Waals surface area contributed by atoms with Gasteiger partial charge < -0.3 is 28.8 Å². The molecule has 3 unspecified atom stereocenters. The SMILES string of the molecule is CCCCCCCCCCCCCC/C=C/CC/C=C/C(O)C(COP(=O)([O-])OCC[N+](C)(C)C)NC(=O)CCCCCCCCCCCCCCCCCCC/C=C\CCCCCCCCCCCCCCCCCC. The number of phosphoric acid groups is 1. The van der Waals surface area contributed by atoms with E-state index in [-0.39, 0.29) is 19.1 Å². The molecule has 0 bridgehead atoms. The van der Waals surface area contributed by atoms with Crippen LogP contribution in [0, 0.1) is 0 Å².